The molecule has 2 amide bonds. The molecule has 3 aromatic rings. The first-order valence-electron chi connectivity index (χ1n) is 14.4. The first-order chi connectivity index (χ1) is 19.4. The monoisotopic (exact) mass is 553 g/mol. The molecular formula is C34H39N3O2S. The standard InChI is InChI=1S/C34H39N3O2S/c1-24-10-7-15-28(20-24)23-37-30-22-29(33(38)35-18-9-19-36-25(2)11-8-12-26(36)3)16-17-31(30)40-32(34(37)39)21-27-13-5-4-6-14-27/h4-7,10,13-17,20-22,25-26H,8-9,11-12,18-19,23H2,1-3H3,(H,35,38)/b32-21-. The number of nitrogens with one attached hydrogen (secondary N) is 1. The van der Waals surface area contributed by atoms with Gasteiger partial charge in [0.2, 0.25) is 0 Å². The topological polar surface area (TPSA) is 52.7 Å². The molecule has 5 rings (SSSR count). The van der Waals surface area contributed by atoms with Crippen molar-refractivity contribution in [3.63, 3.8) is 0 Å². The van der Waals surface area contributed by atoms with E-state index in [4.69, 9.17) is 0 Å². The van der Waals surface area contributed by atoms with E-state index in [1.165, 1.54) is 31.0 Å². The quantitative estimate of drug-likeness (QED) is 0.240. The normalized spacial score (nSPS) is 20.4. The fourth-order valence-electron chi connectivity index (χ4n) is 5.78. The number of anilines is 1. The van der Waals surface area contributed by atoms with Gasteiger partial charge in [0.15, 0.2) is 0 Å². The molecule has 40 heavy (non-hydrogen) atoms. The van der Waals surface area contributed by atoms with Gasteiger partial charge < -0.3 is 10.2 Å². The molecule has 1 N–H and O–H groups in total. The van der Waals surface area contributed by atoms with Crippen LogP contribution in [0, 0.1) is 6.92 Å². The third kappa shape index (κ3) is 6.68. The Morgan fingerprint density at radius 1 is 1.00 bits per heavy atom. The Morgan fingerprint density at radius 3 is 2.52 bits per heavy atom. The zero-order chi connectivity index (χ0) is 28.1. The van der Waals surface area contributed by atoms with Crippen LogP contribution in [-0.4, -0.2) is 41.9 Å². The summed E-state index contributed by atoms with van der Waals surface area (Å²) in [6.45, 7) is 8.75. The fourth-order valence-corrected chi connectivity index (χ4v) is 6.82. The highest BCUT2D eigenvalue weighted by Gasteiger charge is 2.30. The fraction of sp³-hybridized carbons (Fsp3) is 0.353. The number of amides is 2. The minimum Gasteiger partial charge on any atom is -0.352 e. The number of carbonyl (C=O) groups is 2. The maximum atomic E-state index is 13.8. The van der Waals surface area contributed by atoms with Crippen LogP contribution < -0.4 is 10.2 Å². The molecule has 2 heterocycles. The zero-order valence-corrected chi connectivity index (χ0v) is 24.5. The van der Waals surface area contributed by atoms with Crippen LogP contribution in [0.5, 0.6) is 0 Å². The summed E-state index contributed by atoms with van der Waals surface area (Å²) in [5.74, 6) is -0.147. The first kappa shape index (κ1) is 28.2. The largest absolute Gasteiger partial charge is 0.352 e. The first-order valence-corrected chi connectivity index (χ1v) is 15.2. The molecule has 0 saturated carbocycles. The van der Waals surface area contributed by atoms with Crippen molar-refractivity contribution in [3.05, 3.63) is 100.0 Å². The molecule has 1 saturated heterocycles. The molecular weight excluding hydrogens is 514 g/mol. The van der Waals surface area contributed by atoms with E-state index in [0.717, 1.165) is 40.2 Å². The number of hydrogen-bond donors (Lipinski definition) is 1. The van der Waals surface area contributed by atoms with Gasteiger partial charge in [-0.3, -0.25) is 14.5 Å². The minimum absolute atomic E-state index is 0.0508. The minimum atomic E-state index is -0.0962. The average molecular weight is 554 g/mol. The summed E-state index contributed by atoms with van der Waals surface area (Å²) in [5, 5.41) is 3.11. The number of hydrogen-bond acceptors (Lipinski definition) is 4. The molecule has 208 valence electrons. The SMILES string of the molecule is Cc1cccc(CN2C(=O)/C(=C/c3ccccc3)Sc3ccc(C(=O)NCCCN4C(C)CCCC4C)cc32)c1. The predicted octanol–water partition coefficient (Wildman–Crippen LogP) is 7.06. The third-order valence-corrected chi connectivity index (χ3v) is 9.04. The lowest BCUT2D eigenvalue weighted by molar-refractivity contribution is -0.114. The highest BCUT2D eigenvalue weighted by molar-refractivity contribution is 8.04. The zero-order valence-electron chi connectivity index (χ0n) is 23.7. The number of nitrogens with zero attached hydrogens (tertiary/aromatic N) is 2. The lowest BCUT2D eigenvalue weighted by Crippen LogP contribution is -2.44. The van der Waals surface area contributed by atoms with E-state index in [-0.39, 0.29) is 11.8 Å². The lowest BCUT2D eigenvalue weighted by atomic mass is 9.97. The molecule has 0 spiro atoms. The number of likely N-dealkylation sites (tertiary alicyclic amines) is 1. The molecule has 0 radical (unpaired) electrons. The Morgan fingerprint density at radius 2 is 1.77 bits per heavy atom. The molecule has 3 aromatic carbocycles. The molecule has 2 aliphatic heterocycles. The summed E-state index contributed by atoms with van der Waals surface area (Å²) in [5.41, 5.74) is 4.56. The van der Waals surface area contributed by atoms with Gasteiger partial charge in [0.25, 0.3) is 11.8 Å². The smallest absolute Gasteiger partial charge is 0.265 e. The van der Waals surface area contributed by atoms with Crippen molar-refractivity contribution in [3.8, 4) is 0 Å². The second-order valence-corrected chi connectivity index (χ2v) is 12.1. The highest BCUT2D eigenvalue weighted by atomic mass is 32.2. The maximum Gasteiger partial charge on any atom is 0.265 e. The van der Waals surface area contributed by atoms with Crippen LogP contribution in [0.4, 0.5) is 5.69 Å². The van der Waals surface area contributed by atoms with Crippen LogP contribution in [0.25, 0.3) is 6.08 Å². The van der Waals surface area contributed by atoms with E-state index in [0.29, 0.717) is 35.6 Å². The maximum absolute atomic E-state index is 13.8. The van der Waals surface area contributed by atoms with Crippen molar-refractivity contribution in [1.29, 1.82) is 0 Å². The van der Waals surface area contributed by atoms with E-state index >= 15 is 0 Å². The molecule has 1 fully saturated rings. The van der Waals surface area contributed by atoms with Crippen LogP contribution in [0.3, 0.4) is 0 Å². The summed E-state index contributed by atoms with van der Waals surface area (Å²) >= 11 is 1.47. The number of fused-ring (bicyclic) bond motifs is 1. The number of carbonyl (C=O) groups excluding carboxylic acids is 2. The van der Waals surface area contributed by atoms with Gasteiger partial charge in [-0.15, -0.1) is 0 Å². The number of rotatable bonds is 8. The number of thioether (sulfide) groups is 1. The second kappa shape index (κ2) is 12.9. The van der Waals surface area contributed by atoms with Crippen molar-refractivity contribution in [2.24, 2.45) is 0 Å². The van der Waals surface area contributed by atoms with Crippen LogP contribution in [0.15, 0.2) is 82.6 Å². The summed E-state index contributed by atoms with van der Waals surface area (Å²) in [7, 11) is 0. The van der Waals surface area contributed by atoms with Crippen molar-refractivity contribution in [2.45, 2.75) is 70.0 Å². The molecule has 0 aromatic heterocycles. The van der Waals surface area contributed by atoms with E-state index in [9.17, 15) is 9.59 Å². The summed E-state index contributed by atoms with van der Waals surface area (Å²) in [4.78, 5) is 33.0. The molecule has 0 aliphatic carbocycles. The number of aryl methyl sites for hydroxylation is 1. The molecule has 2 unspecified atom stereocenters. The number of piperidine rings is 1. The summed E-state index contributed by atoms with van der Waals surface area (Å²) in [6, 6.07) is 25.1. The molecule has 5 nitrogen and oxygen atoms in total. The van der Waals surface area contributed by atoms with Gasteiger partial charge in [0.05, 0.1) is 17.1 Å². The summed E-state index contributed by atoms with van der Waals surface area (Å²) < 4.78 is 0. The Bertz CT molecular complexity index is 1380. The van der Waals surface area contributed by atoms with Crippen molar-refractivity contribution in [2.75, 3.05) is 18.0 Å². The molecule has 6 heteroatoms. The van der Waals surface area contributed by atoms with Crippen molar-refractivity contribution < 1.29 is 9.59 Å². The average Bonchev–Trinajstić information content (AvgIpc) is 2.95. The van der Waals surface area contributed by atoms with Gasteiger partial charge in [-0.2, -0.15) is 0 Å². The van der Waals surface area contributed by atoms with Gasteiger partial charge in [0, 0.05) is 35.6 Å². The van der Waals surface area contributed by atoms with E-state index < -0.39 is 0 Å². The van der Waals surface area contributed by atoms with Crippen molar-refractivity contribution in [1.82, 2.24) is 10.2 Å². The predicted molar refractivity (Wildman–Crippen MR) is 166 cm³/mol. The van der Waals surface area contributed by atoms with E-state index in [2.05, 4.69) is 43.1 Å². The van der Waals surface area contributed by atoms with Crippen LogP contribution >= 0.6 is 11.8 Å². The van der Waals surface area contributed by atoms with Gasteiger partial charge in [-0.1, -0.05) is 78.3 Å². The van der Waals surface area contributed by atoms with Crippen molar-refractivity contribution >= 4 is 35.3 Å². The van der Waals surface area contributed by atoms with Crippen LogP contribution in [0.2, 0.25) is 0 Å². The Kier molecular flexibility index (Phi) is 9.08. The van der Waals surface area contributed by atoms with Gasteiger partial charge >= 0.3 is 0 Å². The Labute approximate surface area is 242 Å². The van der Waals surface area contributed by atoms with E-state index in [1.54, 1.807) is 0 Å². The Balaban J connectivity index is 1.34. The summed E-state index contributed by atoms with van der Waals surface area (Å²) in [6.07, 6.45) is 6.68. The van der Waals surface area contributed by atoms with E-state index in [1.807, 2.05) is 71.6 Å². The molecule has 0 bridgehead atoms. The highest BCUT2D eigenvalue weighted by Crippen LogP contribution is 2.43. The van der Waals surface area contributed by atoms with Gasteiger partial charge in [0.1, 0.15) is 0 Å². The Hall–Kier alpha value is -3.35. The van der Waals surface area contributed by atoms with Gasteiger partial charge in [-0.05, 0) is 75.4 Å². The lowest BCUT2D eigenvalue weighted by Gasteiger charge is -2.39. The third-order valence-electron chi connectivity index (χ3n) is 7.96. The van der Waals surface area contributed by atoms with Crippen LogP contribution in [-0.2, 0) is 11.3 Å². The van der Waals surface area contributed by atoms with Gasteiger partial charge in [-0.25, -0.2) is 0 Å². The second-order valence-electron chi connectivity index (χ2n) is 11.1. The molecule has 2 aliphatic rings. The van der Waals surface area contributed by atoms with Crippen LogP contribution in [0.1, 0.15) is 66.6 Å². The number of benzene rings is 3. The molecule has 2 atom stereocenters.